The van der Waals surface area contributed by atoms with Gasteiger partial charge < -0.3 is 20.2 Å². The molecule has 0 saturated heterocycles. The van der Waals surface area contributed by atoms with Crippen LogP contribution >= 0.6 is 11.3 Å². The predicted octanol–water partition coefficient (Wildman–Crippen LogP) is 6.46. The van der Waals surface area contributed by atoms with Crippen molar-refractivity contribution in [3.05, 3.63) is 82.7 Å². The lowest BCUT2D eigenvalue weighted by molar-refractivity contribution is 0.125. The molecule has 3 N–H and O–H groups in total. The zero-order valence-electron chi connectivity index (χ0n) is 19.2. The molecule has 5 nitrogen and oxygen atoms in total. The first-order chi connectivity index (χ1) is 15.9. The minimum atomic E-state index is -0.930. The van der Waals surface area contributed by atoms with Gasteiger partial charge in [0.15, 0.2) is 0 Å². The van der Waals surface area contributed by atoms with Crippen LogP contribution in [0.4, 0.5) is 4.79 Å². The molecule has 1 amide bonds. The first kappa shape index (κ1) is 25.0. The van der Waals surface area contributed by atoms with Gasteiger partial charge in [-0.15, -0.1) is 11.3 Å². The fraction of sp³-hybridized carbons (Fsp3) is 0.370. The molecule has 6 heteroatoms. The summed E-state index contributed by atoms with van der Waals surface area (Å²) in [6, 6.07) is 21.8. The number of rotatable bonds is 11. The van der Waals surface area contributed by atoms with Crippen LogP contribution in [0.3, 0.4) is 0 Å². The van der Waals surface area contributed by atoms with E-state index in [0.717, 1.165) is 27.3 Å². The standard InChI is InChI=1S/C27H33NO4S/c1-19(21-10-12-24(13-11-21)26-15-14-25(33-26)20(2)30)28(27(31)32)17-16-23(9-6-18-29)22-7-4-3-5-8-22/h3-5,7-8,10-15,19-20,23,29-30H,6,9,16-18H2,1-2H3,(H,31,32)/t19-,20?,23-/m0/s1. The molecule has 1 heterocycles. The van der Waals surface area contributed by atoms with Crippen LogP contribution < -0.4 is 0 Å². The highest BCUT2D eigenvalue weighted by Gasteiger charge is 2.23. The molecular weight excluding hydrogens is 434 g/mol. The summed E-state index contributed by atoms with van der Waals surface area (Å²) in [6.07, 6.45) is 0.815. The van der Waals surface area contributed by atoms with Crippen LogP contribution in [0.25, 0.3) is 10.4 Å². The topological polar surface area (TPSA) is 81.0 Å². The second kappa shape index (κ2) is 12.0. The van der Waals surface area contributed by atoms with Gasteiger partial charge in [-0.2, -0.15) is 0 Å². The number of thiophene rings is 1. The summed E-state index contributed by atoms with van der Waals surface area (Å²) in [5.74, 6) is 0.205. The van der Waals surface area contributed by atoms with Crippen molar-refractivity contribution in [3.63, 3.8) is 0 Å². The number of hydrogen-bond donors (Lipinski definition) is 3. The minimum absolute atomic E-state index is 0.137. The van der Waals surface area contributed by atoms with Crippen LogP contribution in [-0.2, 0) is 0 Å². The third kappa shape index (κ3) is 6.67. The summed E-state index contributed by atoms with van der Waals surface area (Å²) >= 11 is 1.56. The molecule has 0 fully saturated rings. The van der Waals surface area contributed by atoms with Crippen molar-refractivity contribution in [2.24, 2.45) is 0 Å². The molecule has 1 unspecified atom stereocenters. The fourth-order valence-corrected chi connectivity index (χ4v) is 5.08. The number of amides is 1. The Morgan fingerprint density at radius 3 is 2.21 bits per heavy atom. The van der Waals surface area contributed by atoms with Gasteiger partial charge in [-0.3, -0.25) is 0 Å². The smallest absolute Gasteiger partial charge is 0.407 e. The van der Waals surface area contributed by atoms with Crippen LogP contribution in [0.1, 0.15) is 67.2 Å². The molecular formula is C27H33NO4S. The van der Waals surface area contributed by atoms with E-state index in [1.165, 1.54) is 10.5 Å². The molecule has 0 aliphatic carbocycles. The molecule has 3 aromatic rings. The Balaban J connectivity index is 1.71. The van der Waals surface area contributed by atoms with Crippen molar-refractivity contribution in [1.29, 1.82) is 0 Å². The van der Waals surface area contributed by atoms with Gasteiger partial charge in [0, 0.05) is 22.9 Å². The van der Waals surface area contributed by atoms with E-state index in [0.29, 0.717) is 19.4 Å². The summed E-state index contributed by atoms with van der Waals surface area (Å²) < 4.78 is 0. The highest BCUT2D eigenvalue weighted by molar-refractivity contribution is 7.15. The normalized spacial score (nSPS) is 13.9. The summed E-state index contributed by atoms with van der Waals surface area (Å²) in [7, 11) is 0. The van der Waals surface area contributed by atoms with Crippen LogP contribution in [0.2, 0.25) is 0 Å². The predicted molar refractivity (Wildman–Crippen MR) is 134 cm³/mol. The van der Waals surface area contributed by atoms with Gasteiger partial charge in [0.1, 0.15) is 0 Å². The monoisotopic (exact) mass is 467 g/mol. The van der Waals surface area contributed by atoms with Gasteiger partial charge >= 0.3 is 6.09 Å². The maximum absolute atomic E-state index is 12.1. The lowest BCUT2D eigenvalue weighted by Gasteiger charge is -2.29. The van der Waals surface area contributed by atoms with E-state index in [2.05, 4.69) is 12.1 Å². The van der Waals surface area contributed by atoms with Gasteiger partial charge in [-0.25, -0.2) is 4.79 Å². The number of hydrogen-bond acceptors (Lipinski definition) is 4. The van der Waals surface area contributed by atoms with E-state index in [-0.39, 0.29) is 18.6 Å². The number of nitrogens with zero attached hydrogens (tertiary/aromatic N) is 1. The lowest BCUT2D eigenvalue weighted by Crippen LogP contribution is -2.34. The van der Waals surface area contributed by atoms with Crippen LogP contribution in [0, 0.1) is 0 Å². The number of benzene rings is 2. The molecule has 2 aromatic carbocycles. The van der Waals surface area contributed by atoms with Crippen LogP contribution in [0.5, 0.6) is 0 Å². The lowest BCUT2D eigenvalue weighted by atomic mass is 9.91. The molecule has 0 aliphatic rings. The average molecular weight is 468 g/mol. The van der Waals surface area contributed by atoms with Crippen molar-refractivity contribution < 1.29 is 20.1 Å². The van der Waals surface area contributed by atoms with Crippen LogP contribution in [0.15, 0.2) is 66.7 Å². The molecule has 1 aromatic heterocycles. The number of carbonyl (C=O) groups is 1. The number of carboxylic acid groups (broad SMARTS) is 1. The highest BCUT2D eigenvalue weighted by Crippen LogP contribution is 2.33. The fourth-order valence-electron chi connectivity index (χ4n) is 4.13. The van der Waals surface area contributed by atoms with E-state index >= 15 is 0 Å². The summed E-state index contributed by atoms with van der Waals surface area (Å²) in [5, 5.41) is 29.0. The molecule has 0 saturated carbocycles. The maximum Gasteiger partial charge on any atom is 0.407 e. The molecule has 0 radical (unpaired) electrons. The zero-order valence-corrected chi connectivity index (χ0v) is 20.0. The van der Waals surface area contributed by atoms with Crippen molar-refractivity contribution in [2.75, 3.05) is 13.2 Å². The Bertz CT molecular complexity index is 1000. The molecule has 3 atom stereocenters. The minimum Gasteiger partial charge on any atom is -0.465 e. The first-order valence-corrected chi connectivity index (χ1v) is 12.3. The summed E-state index contributed by atoms with van der Waals surface area (Å²) in [4.78, 5) is 15.6. The number of aliphatic hydroxyl groups is 2. The van der Waals surface area contributed by atoms with Gasteiger partial charge in [-0.1, -0.05) is 54.6 Å². The SMILES string of the molecule is CC(O)c1ccc(-c2ccc([C@H](C)N(CC[C@H](CCCO)c3ccccc3)C(=O)O)cc2)s1. The molecule has 0 bridgehead atoms. The number of aliphatic hydroxyl groups excluding tert-OH is 2. The molecule has 0 spiro atoms. The van der Waals surface area contributed by atoms with E-state index in [9.17, 15) is 20.1 Å². The van der Waals surface area contributed by atoms with Gasteiger partial charge in [0.25, 0.3) is 0 Å². The quantitative estimate of drug-likeness (QED) is 0.302. The first-order valence-electron chi connectivity index (χ1n) is 11.4. The maximum atomic E-state index is 12.1. The molecule has 176 valence electrons. The largest absolute Gasteiger partial charge is 0.465 e. The van der Waals surface area contributed by atoms with E-state index in [4.69, 9.17) is 0 Å². The van der Waals surface area contributed by atoms with Crippen LogP contribution in [-0.4, -0.2) is 39.5 Å². The highest BCUT2D eigenvalue weighted by atomic mass is 32.1. The third-order valence-electron chi connectivity index (χ3n) is 6.13. The Morgan fingerprint density at radius 1 is 0.939 bits per heavy atom. The van der Waals surface area contributed by atoms with Gasteiger partial charge in [0.05, 0.1) is 12.1 Å². The Labute approximate surface area is 200 Å². The molecule has 3 rings (SSSR count). The Hall–Kier alpha value is -2.67. The Kier molecular flexibility index (Phi) is 9.06. The summed E-state index contributed by atoms with van der Waals surface area (Å²) in [5.41, 5.74) is 3.18. The molecule has 0 aliphatic heterocycles. The third-order valence-corrected chi connectivity index (χ3v) is 7.43. The molecule has 33 heavy (non-hydrogen) atoms. The van der Waals surface area contributed by atoms with Crippen molar-refractivity contribution in [1.82, 2.24) is 4.90 Å². The second-order valence-corrected chi connectivity index (χ2v) is 9.53. The summed E-state index contributed by atoms with van der Waals surface area (Å²) in [6.45, 7) is 4.24. The zero-order chi connectivity index (χ0) is 23.8. The van der Waals surface area contributed by atoms with E-state index < -0.39 is 12.2 Å². The second-order valence-electron chi connectivity index (χ2n) is 8.41. The van der Waals surface area contributed by atoms with E-state index in [1.54, 1.807) is 18.3 Å². The van der Waals surface area contributed by atoms with Crippen molar-refractivity contribution in [3.8, 4) is 10.4 Å². The van der Waals surface area contributed by atoms with E-state index in [1.807, 2.05) is 61.5 Å². The Morgan fingerprint density at radius 2 is 1.64 bits per heavy atom. The average Bonchev–Trinajstić information content (AvgIpc) is 3.32. The van der Waals surface area contributed by atoms with Gasteiger partial charge in [0.2, 0.25) is 0 Å². The van der Waals surface area contributed by atoms with Crippen molar-refractivity contribution in [2.45, 2.75) is 51.2 Å². The van der Waals surface area contributed by atoms with Crippen molar-refractivity contribution >= 4 is 17.4 Å². The van der Waals surface area contributed by atoms with Gasteiger partial charge in [-0.05, 0) is 67.9 Å².